The SMILES string of the molecule is COc1cc(OC)cc(SC(C)C)c1. The number of ether oxygens (including phenoxy) is 2. The van der Waals surface area contributed by atoms with Gasteiger partial charge >= 0.3 is 0 Å². The molecule has 0 aromatic heterocycles. The van der Waals surface area contributed by atoms with Gasteiger partial charge in [-0.05, 0) is 12.1 Å². The minimum atomic E-state index is 0.562. The molecular weight excluding hydrogens is 196 g/mol. The molecule has 1 rings (SSSR count). The molecule has 0 aliphatic carbocycles. The molecule has 0 radical (unpaired) electrons. The third kappa shape index (κ3) is 3.14. The number of thioether (sulfide) groups is 1. The summed E-state index contributed by atoms with van der Waals surface area (Å²) >= 11 is 1.80. The summed E-state index contributed by atoms with van der Waals surface area (Å²) in [5, 5.41) is 0.562. The topological polar surface area (TPSA) is 18.5 Å². The molecule has 0 saturated heterocycles. The largest absolute Gasteiger partial charge is 0.497 e. The van der Waals surface area contributed by atoms with Crippen LogP contribution in [0.2, 0.25) is 0 Å². The Bertz CT molecular complexity index is 275. The Hall–Kier alpha value is -0.830. The van der Waals surface area contributed by atoms with E-state index in [-0.39, 0.29) is 0 Å². The van der Waals surface area contributed by atoms with Crippen molar-refractivity contribution >= 4 is 11.8 Å². The van der Waals surface area contributed by atoms with E-state index in [9.17, 15) is 0 Å². The summed E-state index contributed by atoms with van der Waals surface area (Å²) in [4.78, 5) is 1.18. The first-order chi connectivity index (χ1) is 6.65. The lowest BCUT2D eigenvalue weighted by molar-refractivity contribution is 0.392. The second kappa shape index (κ2) is 5.15. The zero-order valence-electron chi connectivity index (χ0n) is 9.03. The van der Waals surface area contributed by atoms with E-state index in [0.29, 0.717) is 5.25 Å². The zero-order chi connectivity index (χ0) is 10.6. The van der Waals surface area contributed by atoms with Crippen LogP contribution >= 0.6 is 11.8 Å². The maximum Gasteiger partial charge on any atom is 0.123 e. The molecule has 0 spiro atoms. The number of hydrogen-bond acceptors (Lipinski definition) is 3. The van der Waals surface area contributed by atoms with Crippen molar-refractivity contribution in [2.24, 2.45) is 0 Å². The average molecular weight is 212 g/mol. The second-order valence-electron chi connectivity index (χ2n) is 3.21. The molecule has 1 aromatic rings. The Kier molecular flexibility index (Phi) is 4.14. The molecule has 78 valence electrons. The third-order valence-electron chi connectivity index (χ3n) is 1.70. The van der Waals surface area contributed by atoms with Gasteiger partial charge in [0.2, 0.25) is 0 Å². The van der Waals surface area contributed by atoms with Gasteiger partial charge in [-0.25, -0.2) is 0 Å². The molecule has 0 aliphatic rings. The van der Waals surface area contributed by atoms with E-state index in [2.05, 4.69) is 13.8 Å². The first-order valence-corrected chi connectivity index (χ1v) is 5.43. The molecule has 0 amide bonds. The van der Waals surface area contributed by atoms with Crippen molar-refractivity contribution in [3.8, 4) is 11.5 Å². The molecular formula is C11H16O2S. The Morgan fingerprint density at radius 3 is 1.86 bits per heavy atom. The minimum absolute atomic E-state index is 0.562. The van der Waals surface area contributed by atoms with E-state index in [4.69, 9.17) is 9.47 Å². The smallest absolute Gasteiger partial charge is 0.123 e. The van der Waals surface area contributed by atoms with Gasteiger partial charge < -0.3 is 9.47 Å². The maximum atomic E-state index is 5.19. The summed E-state index contributed by atoms with van der Waals surface area (Å²) in [6, 6.07) is 5.92. The van der Waals surface area contributed by atoms with Crippen molar-refractivity contribution < 1.29 is 9.47 Å². The highest BCUT2D eigenvalue weighted by Gasteiger charge is 2.03. The first kappa shape index (κ1) is 11.2. The van der Waals surface area contributed by atoms with E-state index in [1.165, 1.54) is 4.90 Å². The first-order valence-electron chi connectivity index (χ1n) is 4.55. The summed E-state index contributed by atoms with van der Waals surface area (Å²) in [7, 11) is 3.33. The van der Waals surface area contributed by atoms with E-state index < -0.39 is 0 Å². The fourth-order valence-electron chi connectivity index (χ4n) is 1.12. The molecule has 3 heteroatoms. The van der Waals surface area contributed by atoms with E-state index in [0.717, 1.165) is 11.5 Å². The summed E-state index contributed by atoms with van der Waals surface area (Å²) in [5.41, 5.74) is 0. The monoisotopic (exact) mass is 212 g/mol. The van der Waals surface area contributed by atoms with Crippen LogP contribution in [0, 0.1) is 0 Å². The van der Waals surface area contributed by atoms with Crippen LogP contribution in [0.15, 0.2) is 23.1 Å². The molecule has 0 fully saturated rings. The lowest BCUT2D eigenvalue weighted by Crippen LogP contribution is -1.90. The number of methoxy groups -OCH3 is 2. The molecule has 2 nitrogen and oxygen atoms in total. The van der Waals surface area contributed by atoms with Gasteiger partial charge in [0.05, 0.1) is 14.2 Å². The van der Waals surface area contributed by atoms with Crippen molar-refractivity contribution in [3.63, 3.8) is 0 Å². The number of benzene rings is 1. The van der Waals surface area contributed by atoms with Gasteiger partial charge in [0.25, 0.3) is 0 Å². The highest BCUT2D eigenvalue weighted by molar-refractivity contribution is 7.99. The molecule has 1 aromatic carbocycles. The molecule has 0 N–H and O–H groups in total. The van der Waals surface area contributed by atoms with Gasteiger partial charge in [-0.1, -0.05) is 13.8 Å². The van der Waals surface area contributed by atoms with E-state index in [1.807, 2.05) is 18.2 Å². The second-order valence-corrected chi connectivity index (χ2v) is 4.86. The Balaban J connectivity index is 2.92. The van der Waals surface area contributed by atoms with Gasteiger partial charge in [0, 0.05) is 16.2 Å². The quantitative estimate of drug-likeness (QED) is 0.714. The molecule has 14 heavy (non-hydrogen) atoms. The van der Waals surface area contributed by atoms with Gasteiger partial charge in [-0.2, -0.15) is 0 Å². The Labute approximate surface area is 89.6 Å². The van der Waals surface area contributed by atoms with E-state index in [1.54, 1.807) is 26.0 Å². The number of rotatable bonds is 4. The van der Waals surface area contributed by atoms with E-state index >= 15 is 0 Å². The van der Waals surface area contributed by atoms with Crippen LogP contribution in [-0.2, 0) is 0 Å². The molecule has 0 heterocycles. The summed E-state index contributed by atoms with van der Waals surface area (Å²) in [5.74, 6) is 1.68. The van der Waals surface area contributed by atoms with Crippen molar-refractivity contribution in [1.29, 1.82) is 0 Å². The van der Waals surface area contributed by atoms with Gasteiger partial charge in [0.1, 0.15) is 11.5 Å². The van der Waals surface area contributed by atoms with Crippen LogP contribution in [0.25, 0.3) is 0 Å². The molecule has 0 unspecified atom stereocenters. The number of hydrogen-bond donors (Lipinski definition) is 0. The average Bonchev–Trinajstić information content (AvgIpc) is 2.16. The van der Waals surface area contributed by atoms with Gasteiger partial charge in [0.15, 0.2) is 0 Å². The minimum Gasteiger partial charge on any atom is -0.497 e. The van der Waals surface area contributed by atoms with Crippen molar-refractivity contribution in [2.75, 3.05) is 14.2 Å². The normalized spacial score (nSPS) is 10.4. The predicted octanol–water partition coefficient (Wildman–Crippen LogP) is 3.20. The zero-order valence-corrected chi connectivity index (χ0v) is 9.85. The van der Waals surface area contributed by atoms with Crippen molar-refractivity contribution in [2.45, 2.75) is 24.0 Å². The lowest BCUT2D eigenvalue weighted by atomic mass is 10.3. The molecule has 0 atom stereocenters. The van der Waals surface area contributed by atoms with Crippen LogP contribution in [-0.4, -0.2) is 19.5 Å². The third-order valence-corrected chi connectivity index (χ3v) is 2.68. The van der Waals surface area contributed by atoms with Crippen LogP contribution in [0.3, 0.4) is 0 Å². The van der Waals surface area contributed by atoms with Crippen LogP contribution < -0.4 is 9.47 Å². The molecule has 0 bridgehead atoms. The van der Waals surface area contributed by atoms with Crippen molar-refractivity contribution in [3.05, 3.63) is 18.2 Å². The standard InChI is InChI=1S/C11H16O2S/c1-8(2)14-11-6-9(12-3)5-10(7-11)13-4/h5-8H,1-4H3. The summed E-state index contributed by atoms with van der Waals surface area (Å²) < 4.78 is 10.4. The van der Waals surface area contributed by atoms with Crippen LogP contribution in [0.5, 0.6) is 11.5 Å². The van der Waals surface area contributed by atoms with Crippen LogP contribution in [0.1, 0.15) is 13.8 Å². The fraction of sp³-hybridized carbons (Fsp3) is 0.455. The molecule has 0 saturated carbocycles. The van der Waals surface area contributed by atoms with Crippen molar-refractivity contribution in [1.82, 2.24) is 0 Å². The van der Waals surface area contributed by atoms with Gasteiger partial charge in [-0.15, -0.1) is 11.8 Å². The fourth-order valence-corrected chi connectivity index (χ4v) is 2.03. The highest BCUT2D eigenvalue weighted by Crippen LogP contribution is 2.31. The van der Waals surface area contributed by atoms with Crippen LogP contribution in [0.4, 0.5) is 0 Å². The maximum absolute atomic E-state index is 5.19. The Morgan fingerprint density at radius 2 is 1.50 bits per heavy atom. The Morgan fingerprint density at radius 1 is 1.00 bits per heavy atom. The molecule has 0 aliphatic heterocycles. The predicted molar refractivity (Wildman–Crippen MR) is 60.5 cm³/mol. The van der Waals surface area contributed by atoms with Gasteiger partial charge in [-0.3, -0.25) is 0 Å². The highest BCUT2D eigenvalue weighted by atomic mass is 32.2. The summed E-state index contributed by atoms with van der Waals surface area (Å²) in [6.45, 7) is 4.33. The lowest BCUT2D eigenvalue weighted by Gasteiger charge is -2.09. The summed E-state index contributed by atoms with van der Waals surface area (Å²) in [6.07, 6.45) is 0.